The molecule has 3 aromatic rings. The molecule has 2 N–H and O–H groups in total. The molecule has 132 valence electrons. The first-order chi connectivity index (χ1) is 12.6. The Morgan fingerprint density at radius 3 is 2.42 bits per heavy atom. The van der Waals surface area contributed by atoms with Crippen molar-refractivity contribution in [2.75, 3.05) is 17.2 Å². The van der Waals surface area contributed by atoms with E-state index in [1.165, 1.54) is 0 Å². The van der Waals surface area contributed by atoms with Crippen molar-refractivity contribution in [3.63, 3.8) is 0 Å². The van der Waals surface area contributed by atoms with Gasteiger partial charge >= 0.3 is 0 Å². The van der Waals surface area contributed by atoms with Gasteiger partial charge in [-0.15, -0.1) is 0 Å². The van der Waals surface area contributed by atoms with Gasteiger partial charge in [-0.05, 0) is 56.3 Å². The molecule has 6 nitrogen and oxygen atoms in total. The molecule has 0 aliphatic heterocycles. The van der Waals surface area contributed by atoms with Crippen LogP contribution in [0.2, 0.25) is 0 Å². The van der Waals surface area contributed by atoms with Gasteiger partial charge in [0.05, 0.1) is 6.61 Å². The maximum Gasteiger partial charge on any atom is 0.274 e. The van der Waals surface area contributed by atoms with Crippen molar-refractivity contribution in [1.29, 1.82) is 0 Å². The summed E-state index contributed by atoms with van der Waals surface area (Å²) in [5.74, 6) is 0.849. The van der Waals surface area contributed by atoms with Crippen LogP contribution >= 0.6 is 0 Å². The van der Waals surface area contributed by atoms with E-state index in [0.29, 0.717) is 29.6 Å². The zero-order valence-corrected chi connectivity index (χ0v) is 14.7. The van der Waals surface area contributed by atoms with E-state index in [-0.39, 0.29) is 5.91 Å². The maximum atomic E-state index is 12.5. The third-order valence-corrected chi connectivity index (χ3v) is 3.54. The third kappa shape index (κ3) is 4.57. The van der Waals surface area contributed by atoms with E-state index >= 15 is 0 Å². The lowest BCUT2D eigenvalue weighted by atomic mass is 10.2. The summed E-state index contributed by atoms with van der Waals surface area (Å²) in [6.45, 7) is 4.35. The Bertz CT molecular complexity index is 880. The quantitative estimate of drug-likeness (QED) is 0.699. The first-order valence-electron chi connectivity index (χ1n) is 8.36. The highest BCUT2D eigenvalue weighted by molar-refractivity contribution is 6.03. The van der Waals surface area contributed by atoms with Crippen LogP contribution in [-0.2, 0) is 0 Å². The van der Waals surface area contributed by atoms with Crippen molar-refractivity contribution >= 4 is 23.2 Å². The minimum absolute atomic E-state index is 0.296. The van der Waals surface area contributed by atoms with Gasteiger partial charge in [0.25, 0.3) is 5.91 Å². The molecule has 0 aliphatic carbocycles. The Morgan fingerprint density at radius 2 is 1.73 bits per heavy atom. The lowest BCUT2D eigenvalue weighted by molar-refractivity contribution is 0.102. The van der Waals surface area contributed by atoms with Crippen molar-refractivity contribution in [2.24, 2.45) is 0 Å². The van der Waals surface area contributed by atoms with Gasteiger partial charge in [-0.2, -0.15) is 0 Å². The van der Waals surface area contributed by atoms with Crippen LogP contribution in [0.3, 0.4) is 0 Å². The molecular weight excluding hydrogens is 328 g/mol. The number of anilines is 3. The van der Waals surface area contributed by atoms with Crippen molar-refractivity contribution in [1.82, 2.24) is 9.97 Å². The molecule has 0 spiro atoms. The Morgan fingerprint density at radius 1 is 1.00 bits per heavy atom. The summed E-state index contributed by atoms with van der Waals surface area (Å²) in [5.41, 5.74) is 2.53. The topological polar surface area (TPSA) is 76.1 Å². The van der Waals surface area contributed by atoms with Gasteiger partial charge in [0, 0.05) is 17.1 Å². The second-order valence-corrected chi connectivity index (χ2v) is 5.62. The average Bonchev–Trinajstić information content (AvgIpc) is 2.64. The van der Waals surface area contributed by atoms with Gasteiger partial charge < -0.3 is 15.4 Å². The first kappa shape index (κ1) is 17.4. The summed E-state index contributed by atoms with van der Waals surface area (Å²) in [5, 5.41) is 5.94. The predicted octanol–water partition coefficient (Wildman–Crippen LogP) is 4.18. The number of hydrogen-bond donors (Lipinski definition) is 2. The minimum atomic E-state index is -0.296. The number of benzene rings is 2. The van der Waals surface area contributed by atoms with Crippen LogP contribution in [-0.4, -0.2) is 22.5 Å². The zero-order chi connectivity index (χ0) is 18.4. The highest BCUT2D eigenvalue weighted by atomic mass is 16.5. The second kappa shape index (κ2) is 8.11. The standard InChI is InChI=1S/C20H20N4O2/c1-3-26-17-11-9-16(10-12-17)22-19(25)18-13-14(2)21-20(24-18)23-15-7-5-4-6-8-15/h4-13H,3H2,1-2H3,(H,22,25)(H,21,23,24). The number of para-hydroxylation sites is 1. The molecule has 1 aromatic heterocycles. The zero-order valence-electron chi connectivity index (χ0n) is 14.7. The number of amides is 1. The van der Waals surface area contributed by atoms with Crippen LogP contribution in [0, 0.1) is 6.92 Å². The van der Waals surface area contributed by atoms with Gasteiger partial charge in [0.2, 0.25) is 5.95 Å². The molecule has 26 heavy (non-hydrogen) atoms. The molecule has 1 amide bonds. The molecule has 3 rings (SSSR count). The van der Waals surface area contributed by atoms with E-state index in [2.05, 4.69) is 20.6 Å². The molecule has 6 heteroatoms. The highest BCUT2D eigenvalue weighted by Gasteiger charge is 2.11. The third-order valence-electron chi connectivity index (χ3n) is 3.54. The van der Waals surface area contributed by atoms with E-state index in [1.807, 2.05) is 56.3 Å². The van der Waals surface area contributed by atoms with Crippen LogP contribution in [0.25, 0.3) is 0 Å². The molecule has 0 saturated heterocycles. The summed E-state index contributed by atoms with van der Waals surface area (Å²) < 4.78 is 5.40. The number of rotatable bonds is 6. The number of carbonyl (C=O) groups excluding carboxylic acids is 1. The highest BCUT2D eigenvalue weighted by Crippen LogP contribution is 2.17. The Labute approximate surface area is 152 Å². The number of nitrogens with zero attached hydrogens (tertiary/aromatic N) is 2. The molecule has 0 unspecified atom stereocenters. The van der Waals surface area contributed by atoms with Gasteiger partial charge in [-0.25, -0.2) is 9.97 Å². The van der Waals surface area contributed by atoms with Crippen LogP contribution < -0.4 is 15.4 Å². The smallest absolute Gasteiger partial charge is 0.274 e. The average molecular weight is 348 g/mol. The molecule has 0 saturated carbocycles. The van der Waals surface area contributed by atoms with Gasteiger partial charge in [-0.3, -0.25) is 4.79 Å². The van der Waals surface area contributed by atoms with Gasteiger partial charge in [0.15, 0.2) is 0 Å². The Hall–Kier alpha value is -3.41. The number of hydrogen-bond acceptors (Lipinski definition) is 5. The van der Waals surface area contributed by atoms with Gasteiger partial charge in [0.1, 0.15) is 11.4 Å². The van der Waals surface area contributed by atoms with E-state index in [1.54, 1.807) is 18.2 Å². The maximum absolute atomic E-state index is 12.5. The van der Waals surface area contributed by atoms with Crippen LogP contribution in [0.1, 0.15) is 23.1 Å². The number of ether oxygens (including phenoxy) is 1. The fraction of sp³-hybridized carbons (Fsp3) is 0.150. The molecule has 2 aromatic carbocycles. The fourth-order valence-electron chi connectivity index (χ4n) is 2.39. The fourth-order valence-corrected chi connectivity index (χ4v) is 2.39. The monoisotopic (exact) mass is 348 g/mol. The molecule has 0 atom stereocenters. The van der Waals surface area contributed by atoms with Crippen LogP contribution in [0.4, 0.5) is 17.3 Å². The van der Waals surface area contributed by atoms with Crippen molar-refractivity contribution in [3.8, 4) is 5.75 Å². The summed E-state index contributed by atoms with van der Waals surface area (Å²) in [6, 6.07) is 18.4. The SMILES string of the molecule is CCOc1ccc(NC(=O)c2cc(C)nc(Nc3ccccc3)n2)cc1. The number of aryl methyl sites for hydroxylation is 1. The summed E-state index contributed by atoms with van der Waals surface area (Å²) in [6.07, 6.45) is 0. The number of carbonyl (C=O) groups is 1. The van der Waals surface area contributed by atoms with Crippen molar-refractivity contribution < 1.29 is 9.53 Å². The van der Waals surface area contributed by atoms with E-state index in [0.717, 1.165) is 11.4 Å². The lowest BCUT2D eigenvalue weighted by Crippen LogP contribution is -2.15. The summed E-state index contributed by atoms with van der Waals surface area (Å²) in [7, 11) is 0. The molecule has 0 fully saturated rings. The van der Waals surface area contributed by atoms with Crippen molar-refractivity contribution in [3.05, 3.63) is 72.1 Å². The number of aromatic nitrogens is 2. The Balaban J connectivity index is 1.74. The van der Waals surface area contributed by atoms with E-state index < -0.39 is 0 Å². The summed E-state index contributed by atoms with van der Waals surface area (Å²) >= 11 is 0. The van der Waals surface area contributed by atoms with Gasteiger partial charge in [-0.1, -0.05) is 18.2 Å². The first-order valence-corrected chi connectivity index (χ1v) is 8.36. The number of nitrogens with one attached hydrogen (secondary N) is 2. The lowest BCUT2D eigenvalue weighted by Gasteiger charge is -2.09. The Kier molecular flexibility index (Phi) is 5.43. The van der Waals surface area contributed by atoms with Crippen LogP contribution in [0.5, 0.6) is 5.75 Å². The molecule has 1 heterocycles. The summed E-state index contributed by atoms with van der Waals surface area (Å²) in [4.78, 5) is 21.2. The van der Waals surface area contributed by atoms with Crippen LogP contribution in [0.15, 0.2) is 60.7 Å². The molecular formula is C20H20N4O2. The molecule has 0 bridgehead atoms. The van der Waals surface area contributed by atoms with E-state index in [4.69, 9.17) is 4.74 Å². The van der Waals surface area contributed by atoms with E-state index in [9.17, 15) is 4.79 Å². The second-order valence-electron chi connectivity index (χ2n) is 5.62. The normalized spacial score (nSPS) is 10.2. The molecule has 0 radical (unpaired) electrons. The van der Waals surface area contributed by atoms with Crippen molar-refractivity contribution in [2.45, 2.75) is 13.8 Å². The largest absolute Gasteiger partial charge is 0.494 e. The molecule has 0 aliphatic rings. The minimum Gasteiger partial charge on any atom is -0.494 e. The predicted molar refractivity (Wildman–Crippen MR) is 102 cm³/mol.